The maximum atomic E-state index is 8.63. The lowest BCUT2D eigenvalue weighted by Gasteiger charge is -1.82. The molecule has 0 atom stereocenters. The summed E-state index contributed by atoms with van der Waals surface area (Å²) in [4.78, 5) is 0. The van der Waals surface area contributed by atoms with E-state index in [1.807, 2.05) is 6.07 Å². The number of hydrogen-bond acceptors (Lipinski definition) is 1. The van der Waals surface area contributed by atoms with Crippen LogP contribution in [0.5, 0.6) is 5.75 Å². The quantitative estimate of drug-likeness (QED) is 0.593. The fraction of sp³-hybridized carbons (Fsp3) is 0.333. The Labute approximate surface area is 69.8 Å². The molecule has 0 spiro atoms. The minimum Gasteiger partial charge on any atom is -0.508 e. The third-order valence-electron chi connectivity index (χ3n) is 0.756. The first-order valence-electron chi connectivity index (χ1n) is 3.48. The van der Waals surface area contributed by atoms with Gasteiger partial charge in [0.05, 0.1) is 0 Å². The van der Waals surface area contributed by atoms with E-state index < -0.39 is 0 Å². The van der Waals surface area contributed by atoms with E-state index in [9.17, 15) is 0 Å². The van der Waals surface area contributed by atoms with Gasteiger partial charge in [-0.1, -0.05) is 18.2 Å². The van der Waals surface area contributed by atoms with Gasteiger partial charge in [-0.3, -0.25) is 0 Å². The van der Waals surface area contributed by atoms with Gasteiger partial charge >= 0.3 is 0 Å². The summed E-state index contributed by atoms with van der Waals surface area (Å²) < 4.78 is 0. The number of aromatic hydroxyl groups is 1. The van der Waals surface area contributed by atoms with Gasteiger partial charge in [0, 0.05) is 0 Å². The van der Waals surface area contributed by atoms with Gasteiger partial charge in [0.15, 0.2) is 0 Å². The standard InChI is InChI=1S/C6H6O.C3H9P/c7-6-4-2-1-3-5-6;1-4(2)3/h1-5,7H;1-3H3. The molecule has 0 radical (unpaired) electrons. The highest BCUT2D eigenvalue weighted by Gasteiger charge is 1.74. The zero-order chi connectivity index (χ0) is 8.69. The van der Waals surface area contributed by atoms with Gasteiger partial charge in [-0.15, -0.1) is 7.92 Å². The van der Waals surface area contributed by atoms with Crippen molar-refractivity contribution < 1.29 is 5.11 Å². The Morgan fingerprint density at radius 3 is 1.55 bits per heavy atom. The van der Waals surface area contributed by atoms with E-state index in [0.29, 0.717) is 13.7 Å². The van der Waals surface area contributed by atoms with Crippen LogP contribution in [-0.2, 0) is 0 Å². The van der Waals surface area contributed by atoms with E-state index in [1.54, 1.807) is 24.3 Å². The SMILES string of the molecule is CP(C)C.Oc1ccccc1. The molecule has 2 heteroatoms. The highest BCUT2D eigenvalue weighted by molar-refractivity contribution is 7.55. The Morgan fingerprint density at radius 2 is 1.36 bits per heavy atom. The first-order chi connectivity index (χ1) is 5.13. The summed E-state index contributed by atoms with van der Waals surface area (Å²) in [5.74, 6) is 0.322. The summed E-state index contributed by atoms with van der Waals surface area (Å²) in [5.41, 5.74) is 0. The van der Waals surface area contributed by atoms with Gasteiger partial charge in [-0.25, -0.2) is 0 Å². The van der Waals surface area contributed by atoms with E-state index in [0.717, 1.165) is 0 Å². The van der Waals surface area contributed by atoms with E-state index in [2.05, 4.69) is 20.0 Å². The van der Waals surface area contributed by atoms with Crippen LogP contribution in [0.25, 0.3) is 0 Å². The number of hydrogen-bond donors (Lipinski definition) is 1. The van der Waals surface area contributed by atoms with E-state index in [4.69, 9.17) is 5.11 Å². The maximum Gasteiger partial charge on any atom is 0.115 e. The van der Waals surface area contributed by atoms with Crippen molar-refractivity contribution >= 4 is 7.92 Å². The molecule has 0 bridgehead atoms. The van der Waals surface area contributed by atoms with Crippen LogP contribution in [-0.4, -0.2) is 25.1 Å². The second kappa shape index (κ2) is 6.18. The Bertz CT molecular complexity index is 169. The van der Waals surface area contributed by atoms with Crippen molar-refractivity contribution in [1.82, 2.24) is 0 Å². The normalized spacial score (nSPS) is 8.73. The first kappa shape index (κ1) is 10.4. The monoisotopic (exact) mass is 170 g/mol. The summed E-state index contributed by atoms with van der Waals surface area (Å²) in [7, 11) is 0.380. The predicted octanol–water partition coefficient (Wildman–Crippen LogP) is 2.75. The maximum absolute atomic E-state index is 8.63. The van der Waals surface area contributed by atoms with Crippen molar-refractivity contribution in [1.29, 1.82) is 0 Å². The largest absolute Gasteiger partial charge is 0.508 e. The summed E-state index contributed by atoms with van der Waals surface area (Å²) in [6.07, 6.45) is 0. The summed E-state index contributed by atoms with van der Waals surface area (Å²) in [5, 5.41) is 8.63. The van der Waals surface area contributed by atoms with Crippen molar-refractivity contribution in [3.63, 3.8) is 0 Å². The molecule has 0 unspecified atom stereocenters. The van der Waals surface area contributed by atoms with E-state index >= 15 is 0 Å². The molecule has 62 valence electrons. The molecule has 1 rings (SSSR count). The minimum absolute atomic E-state index is 0.322. The first-order valence-corrected chi connectivity index (χ1v) is 6.16. The van der Waals surface area contributed by atoms with Crippen LogP contribution >= 0.6 is 7.92 Å². The second-order valence-electron chi connectivity index (χ2n) is 2.68. The number of benzene rings is 1. The van der Waals surface area contributed by atoms with E-state index in [-0.39, 0.29) is 0 Å². The van der Waals surface area contributed by atoms with Crippen molar-refractivity contribution in [2.45, 2.75) is 0 Å². The van der Waals surface area contributed by atoms with Crippen LogP contribution < -0.4 is 0 Å². The highest BCUT2D eigenvalue weighted by atomic mass is 31.1. The number of para-hydroxylation sites is 1. The molecule has 0 aliphatic rings. The van der Waals surface area contributed by atoms with Crippen molar-refractivity contribution in [3.05, 3.63) is 30.3 Å². The van der Waals surface area contributed by atoms with Gasteiger partial charge in [0.2, 0.25) is 0 Å². The van der Waals surface area contributed by atoms with Gasteiger partial charge in [-0.05, 0) is 32.1 Å². The second-order valence-corrected chi connectivity index (χ2v) is 5.36. The van der Waals surface area contributed by atoms with Crippen LogP contribution in [0.4, 0.5) is 0 Å². The predicted molar refractivity (Wildman–Crippen MR) is 52.8 cm³/mol. The van der Waals surface area contributed by atoms with Crippen molar-refractivity contribution in [3.8, 4) is 5.75 Å². The number of rotatable bonds is 0. The Kier molecular flexibility index (Phi) is 5.87. The lowest BCUT2D eigenvalue weighted by atomic mass is 10.3. The molecule has 1 N–H and O–H groups in total. The molecule has 0 aromatic heterocycles. The average Bonchev–Trinajstić information content (AvgIpc) is 1.87. The molecule has 0 aliphatic carbocycles. The highest BCUT2D eigenvalue weighted by Crippen LogP contribution is 2.14. The fourth-order valence-electron chi connectivity index (χ4n) is 0.428. The molecular formula is C9H15OP. The molecule has 11 heavy (non-hydrogen) atoms. The minimum atomic E-state index is 0.322. The fourth-order valence-corrected chi connectivity index (χ4v) is 0.428. The zero-order valence-corrected chi connectivity index (χ0v) is 8.18. The zero-order valence-electron chi connectivity index (χ0n) is 7.28. The molecular weight excluding hydrogens is 155 g/mol. The van der Waals surface area contributed by atoms with Gasteiger partial charge < -0.3 is 5.11 Å². The topological polar surface area (TPSA) is 20.2 Å². The van der Waals surface area contributed by atoms with Crippen LogP contribution in [0, 0.1) is 0 Å². The van der Waals surface area contributed by atoms with E-state index in [1.165, 1.54) is 0 Å². The molecule has 1 aromatic rings. The summed E-state index contributed by atoms with van der Waals surface area (Å²) in [6, 6.07) is 8.71. The molecule has 0 saturated heterocycles. The Morgan fingerprint density at radius 1 is 1.00 bits per heavy atom. The molecule has 0 heterocycles. The van der Waals surface area contributed by atoms with Crippen LogP contribution in [0.1, 0.15) is 0 Å². The van der Waals surface area contributed by atoms with Crippen molar-refractivity contribution in [2.24, 2.45) is 0 Å². The smallest absolute Gasteiger partial charge is 0.115 e. The number of phenolic OH excluding ortho intramolecular Hbond substituents is 1. The van der Waals surface area contributed by atoms with Gasteiger partial charge in [0.1, 0.15) is 5.75 Å². The molecule has 0 amide bonds. The molecule has 1 nitrogen and oxygen atoms in total. The number of phenols is 1. The lowest BCUT2D eigenvalue weighted by molar-refractivity contribution is 0.475. The van der Waals surface area contributed by atoms with Gasteiger partial charge in [-0.2, -0.15) is 0 Å². The molecule has 1 aromatic carbocycles. The van der Waals surface area contributed by atoms with Crippen LogP contribution in [0.15, 0.2) is 30.3 Å². The van der Waals surface area contributed by atoms with Crippen LogP contribution in [0.3, 0.4) is 0 Å². The third-order valence-corrected chi connectivity index (χ3v) is 0.756. The average molecular weight is 170 g/mol. The lowest BCUT2D eigenvalue weighted by Crippen LogP contribution is -1.56. The third kappa shape index (κ3) is 9.45. The Hall–Kier alpha value is -0.550. The summed E-state index contributed by atoms with van der Waals surface area (Å²) in [6.45, 7) is 6.69. The van der Waals surface area contributed by atoms with Crippen LogP contribution in [0.2, 0.25) is 0 Å². The molecule has 0 fully saturated rings. The van der Waals surface area contributed by atoms with Crippen molar-refractivity contribution in [2.75, 3.05) is 20.0 Å². The van der Waals surface area contributed by atoms with Gasteiger partial charge in [0.25, 0.3) is 0 Å². The molecule has 0 aliphatic heterocycles. The summed E-state index contributed by atoms with van der Waals surface area (Å²) >= 11 is 0. The Balaban J connectivity index is 0.000000218. The molecule has 0 saturated carbocycles.